The van der Waals surface area contributed by atoms with Crippen LogP contribution in [0.25, 0.3) is 6.08 Å². The van der Waals surface area contributed by atoms with Crippen molar-refractivity contribution in [3.05, 3.63) is 64.0 Å². The van der Waals surface area contributed by atoms with Gasteiger partial charge in [-0.25, -0.2) is 4.99 Å². The van der Waals surface area contributed by atoms with Gasteiger partial charge in [0.25, 0.3) is 5.91 Å². The Kier molecular flexibility index (Phi) is 2.78. The molecule has 0 bridgehead atoms. The summed E-state index contributed by atoms with van der Waals surface area (Å²) in [5.74, 6) is 0.464. The monoisotopic (exact) mass is 254 g/mol. The van der Waals surface area contributed by atoms with Crippen LogP contribution in [0.5, 0.6) is 0 Å². The topological polar surface area (TPSA) is 41.5 Å². The van der Waals surface area contributed by atoms with E-state index < -0.39 is 0 Å². The number of hydrogen-bond acceptors (Lipinski definition) is 3. The third kappa shape index (κ3) is 2.10. The second kappa shape index (κ2) is 4.58. The number of aliphatic imine (C=N–C) groups is 1. The van der Waals surface area contributed by atoms with E-state index in [4.69, 9.17) is 0 Å². The summed E-state index contributed by atoms with van der Waals surface area (Å²) in [6.07, 6.45) is 1.80. The maximum atomic E-state index is 11.8. The minimum Gasteiger partial charge on any atom is -0.305 e. The molecule has 1 aromatic carbocycles. The summed E-state index contributed by atoms with van der Waals surface area (Å²) in [6.45, 7) is 0. The molecule has 2 aromatic rings. The quantitative estimate of drug-likeness (QED) is 0.822. The van der Waals surface area contributed by atoms with Gasteiger partial charge >= 0.3 is 0 Å². The Hall–Kier alpha value is -2.20. The van der Waals surface area contributed by atoms with Gasteiger partial charge in [0.15, 0.2) is 0 Å². The van der Waals surface area contributed by atoms with Crippen LogP contribution in [-0.4, -0.2) is 11.7 Å². The Labute approximate surface area is 108 Å². The van der Waals surface area contributed by atoms with Crippen molar-refractivity contribution in [2.45, 2.75) is 0 Å². The number of amides is 1. The average Bonchev–Trinajstić information content (AvgIpc) is 3.02. The van der Waals surface area contributed by atoms with Gasteiger partial charge in [0.05, 0.1) is 0 Å². The lowest BCUT2D eigenvalue weighted by Gasteiger charge is -1.98. The van der Waals surface area contributed by atoms with Crippen LogP contribution in [-0.2, 0) is 4.79 Å². The summed E-state index contributed by atoms with van der Waals surface area (Å²) in [5.41, 5.74) is 1.37. The van der Waals surface area contributed by atoms with E-state index >= 15 is 0 Å². The van der Waals surface area contributed by atoms with Gasteiger partial charge in [0.1, 0.15) is 11.5 Å². The second-order valence-corrected chi connectivity index (χ2v) is 4.80. The van der Waals surface area contributed by atoms with Crippen molar-refractivity contribution < 1.29 is 4.79 Å². The van der Waals surface area contributed by atoms with Crippen molar-refractivity contribution in [3.8, 4) is 0 Å². The molecule has 1 aromatic heterocycles. The number of nitrogens with zero attached hydrogens (tertiary/aromatic N) is 1. The van der Waals surface area contributed by atoms with Gasteiger partial charge in [-0.3, -0.25) is 4.79 Å². The van der Waals surface area contributed by atoms with Crippen LogP contribution in [0.2, 0.25) is 0 Å². The van der Waals surface area contributed by atoms with Gasteiger partial charge < -0.3 is 5.32 Å². The molecule has 2 heterocycles. The molecule has 3 nitrogen and oxygen atoms in total. The first-order valence-corrected chi connectivity index (χ1v) is 6.41. The molecular formula is C14H10N2OS. The first kappa shape index (κ1) is 10.9. The summed E-state index contributed by atoms with van der Waals surface area (Å²) >= 11 is 1.58. The highest BCUT2D eigenvalue weighted by molar-refractivity contribution is 7.10. The molecule has 1 aliphatic heterocycles. The van der Waals surface area contributed by atoms with E-state index in [1.807, 2.05) is 47.8 Å². The molecule has 4 heteroatoms. The molecule has 0 saturated carbocycles. The molecular weight excluding hydrogens is 244 g/mol. The van der Waals surface area contributed by atoms with Crippen molar-refractivity contribution in [2.75, 3.05) is 0 Å². The molecule has 1 N–H and O–H groups in total. The molecule has 0 radical (unpaired) electrons. The van der Waals surface area contributed by atoms with Crippen molar-refractivity contribution in [2.24, 2.45) is 4.99 Å². The molecule has 0 unspecified atom stereocenters. The second-order valence-electron chi connectivity index (χ2n) is 3.83. The number of nitrogens with one attached hydrogen (secondary N) is 1. The summed E-state index contributed by atoms with van der Waals surface area (Å²) < 4.78 is 0. The Morgan fingerprint density at radius 1 is 1.11 bits per heavy atom. The van der Waals surface area contributed by atoms with Crippen LogP contribution in [0, 0.1) is 0 Å². The van der Waals surface area contributed by atoms with E-state index in [9.17, 15) is 4.79 Å². The maximum Gasteiger partial charge on any atom is 0.275 e. The lowest BCUT2D eigenvalue weighted by molar-refractivity contribution is -0.115. The summed E-state index contributed by atoms with van der Waals surface area (Å²) in [4.78, 5) is 17.2. The molecule has 0 aliphatic carbocycles. The smallest absolute Gasteiger partial charge is 0.275 e. The third-order valence-corrected chi connectivity index (χ3v) is 3.39. The van der Waals surface area contributed by atoms with Crippen molar-refractivity contribution in [3.63, 3.8) is 0 Å². The third-order valence-electron chi connectivity index (χ3n) is 2.57. The average molecular weight is 254 g/mol. The van der Waals surface area contributed by atoms with Gasteiger partial charge in [0, 0.05) is 10.4 Å². The zero-order valence-electron chi connectivity index (χ0n) is 9.46. The molecule has 0 spiro atoms. The minimum absolute atomic E-state index is 0.151. The number of hydrogen-bond donors (Lipinski definition) is 1. The zero-order chi connectivity index (χ0) is 12.4. The largest absolute Gasteiger partial charge is 0.305 e. The van der Waals surface area contributed by atoms with E-state index in [1.165, 1.54) is 0 Å². The summed E-state index contributed by atoms with van der Waals surface area (Å²) in [6, 6.07) is 13.5. The van der Waals surface area contributed by atoms with Crippen LogP contribution in [0.4, 0.5) is 0 Å². The van der Waals surface area contributed by atoms with Gasteiger partial charge in [0.2, 0.25) is 0 Å². The number of rotatable bonds is 2. The molecule has 1 amide bonds. The standard InChI is InChI=1S/C14H10N2OS/c17-14-12(9-11-7-4-8-18-11)15-13(16-14)10-5-2-1-3-6-10/h1-9H,(H,15,16,17). The first-order chi connectivity index (χ1) is 8.83. The fraction of sp³-hybridized carbons (Fsp3) is 0. The van der Waals surface area contributed by atoms with Gasteiger partial charge in [-0.05, 0) is 17.5 Å². The Morgan fingerprint density at radius 2 is 1.94 bits per heavy atom. The first-order valence-electron chi connectivity index (χ1n) is 5.53. The number of amidine groups is 1. The number of carbonyl (C=O) groups excluding carboxylic acids is 1. The van der Waals surface area contributed by atoms with Crippen LogP contribution >= 0.6 is 11.3 Å². The lowest BCUT2D eigenvalue weighted by atomic mass is 10.2. The fourth-order valence-electron chi connectivity index (χ4n) is 1.71. The number of carbonyl (C=O) groups is 1. The van der Waals surface area contributed by atoms with Gasteiger partial charge in [-0.15, -0.1) is 11.3 Å². The molecule has 0 saturated heterocycles. The molecule has 0 atom stereocenters. The number of benzene rings is 1. The highest BCUT2D eigenvalue weighted by atomic mass is 32.1. The van der Waals surface area contributed by atoms with E-state index in [0.717, 1.165) is 10.4 Å². The van der Waals surface area contributed by atoms with E-state index in [0.29, 0.717) is 11.5 Å². The molecule has 88 valence electrons. The SMILES string of the molecule is O=C1NC(c2ccccc2)=NC1=Cc1cccs1. The van der Waals surface area contributed by atoms with Crippen molar-refractivity contribution >= 4 is 29.2 Å². The van der Waals surface area contributed by atoms with Crippen molar-refractivity contribution in [1.29, 1.82) is 0 Å². The van der Waals surface area contributed by atoms with Crippen LogP contribution in [0.1, 0.15) is 10.4 Å². The molecule has 1 aliphatic rings. The zero-order valence-corrected chi connectivity index (χ0v) is 10.3. The lowest BCUT2D eigenvalue weighted by Crippen LogP contribution is -2.24. The maximum absolute atomic E-state index is 11.8. The Bertz CT molecular complexity index is 627. The van der Waals surface area contributed by atoms with E-state index in [-0.39, 0.29) is 5.91 Å². The fourth-order valence-corrected chi connectivity index (χ4v) is 2.36. The minimum atomic E-state index is -0.151. The highest BCUT2D eigenvalue weighted by Gasteiger charge is 2.20. The molecule has 18 heavy (non-hydrogen) atoms. The highest BCUT2D eigenvalue weighted by Crippen LogP contribution is 2.17. The summed E-state index contributed by atoms with van der Waals surface area (Å²) in [5, 5.41) is 4.75. The van der Waals surface area contributed by atoms with Crippen LogP contribution < -0.4 is 5.32 Å². The van der Waals surface area contributed by atoms with Crippen LogP contribution in [0.3, 0.4) is 0 Å². The number of thiophene rings is 1. The van der Waals surface area contributed by atoms with Gasteiger partial charge in [-0.1, -0.05) is 36.4 Å². The van der Waals surface area contributed by atoms with Gasteiger partial charge in [-0.2, -0.15) is 0 Å². The van der Waals surface area contributed by atoms with E-state index in [1.54, 1.807) is 17.4 Å². The summed E-state index contributed by atoms with van der Waals surface area (Å²) in [7, 11) is 0. The predicted molar refractivity (Wildman–Crippen MR) is 73.4 cm³/mol. The van der Waals surface area contributed by atoms with Crippen LogP contribution in [0.15, 0.2) is 58.5 Å². The normalized spacial score (nSPS) is 16.8. The van der Waals surface area contributed by atoms with Crippen molar-refractivity contribution in [1.82, 2.24) is 5.32 Å². The Balaban J connectivity index is 1.95. The predicted octanol–water partition coefficient (Wildman–Crippen LogP) is 2.67. The van der Waals surface area contributed by atoms with E-state index in [2.05, 4.69) is 10.3 Å². The molecule has 0 fully saturated rings. The Morgan fingerprint density at radius 3 is 2.67 bits per heavy atom. The molecule has 3 rings (SSSR count).